The highest BCUT2D eigenvalue weighted by atomic mass is 32.1. The fraction of sp³-hybridized carbons (Fsp3) is 0.167. The van der Waals surface area contributed by atoms with Gasteiger partial charge in [0.05, 0.1) is 32.4 Å². The Morgan fingerprint density at radius 3 is 2.95 bits per heavy atom. The van der Waals surface area contributed by atoms with Gasteiger partial charge in [-0.2, -0.15) is 0 Å². The first-order valence-electron chi connectivity index (χ1n) is 5.80. The summed E-state index contributed by atoms with van der Waals surface area (Å²) in [5.41, 5.74) is 3.42. The van der Waals surface area contributed by atoms with Crippen molar-refractivity contribution in [1.82, 2.24) is 9.97 Å². The number of nitro benzene ring substituents is 1. The lowest BCUT2D eigenvalue weighted by Gasteiger charge is -2.05. The van der Waals surface area contributed by atoms with E-state index in [0.717, 1.165) is 15.4 Å². The molecule has 1 N–H and O–H groups in total. The molecule has 3 aromatic rings. The summed E-state index contributed by atoms with van der Waals surface area (Å²) >= 11 is 2.95. The first kappa shape index (κ1) is 12.9. The normalized spacial score (nSPS) is 10.8. The van der Waals surface area contributed by atoms with E-state index < -0.39 is 4.92 Å². The lowest BCUT2D eigenvalue weighted by molar-refractivity contribution is -0.382. The number of hydrogen-bond acceptors (Lipinski definition) is 7. The molecule has 0 saturated heterocycles. The molecule has 1 aromatic carbocycles. The predicted octanol–water partition coefficient (Wildman–Crippen LogP) is 3.58. The molecule has 0 unspecified atom stereocenters. The standard InChI is InChI=1S/C12H10N4O2S2/c1-7-15-8(5-19-7)4-13-9-2-3-10-11(14-6-20-10)12(9)16(17)18/h2-3,5-6,13H,4H2,1H3. The second-order valence-corrected chi connectivity index (χ2v) is 6.08. The van der Waals surface area contributed by atoms with Crippen molar-refractivity contribution in [1.29, 1.82) is 0 Å². The average Bonchev–Trinajstić information content (AvgIpc) is 3.03. The molecule has 0 bridgehead atoms. The maximum atomic E-state index is 11.3. The van der Waals surface area contributed by atoms with Gasteiger partial charge in [-0.1, -0.05) is 0 Å². The van der Waals surface area contributed by atoms with Crippen molar-refractivity contribution in [3.05, 3.63) is 43.8 Å². The van der Waals surface area contributed by atoms with E-state index in [1.165, 1.54) is 11.3 Å². The fourth-order valence-electron chi connectivity index (χ4n) is 1.92. The zero-order valence-electron chi connectivity index (χ0n) is 10.5. The lowest BCUT2D eigenvalue weighted by atomic mass is 10.2. The molecule has 2 aromatic heterocycles. The van der Waals surface area contributed by atoms with E-state index in [9.17, 15) is 10.1 Å². The van der Waals surface area contributed by atoms with Crippen molar-refractivity contribution < 1.29 is 4.92 Å². The summed E-state index contributed by atoms with van der Waals surface area (Å²) in [6, 6.07) is 3.56. The highest BCUT2D eigenvalue weighted by Gasteiger charge is 2.20. The SMILES string of the molecule is Cc1nc(CNc2ccc3scnc3c2[N+](=O)[O-])cs1. The largest absolute Gasteiger partial charge is 0.374 e. The quantitative estimate of drug-likeness (QED) is 0.588. The Kier molecular flexibility index (Phi) is 3.33. The summed E-state index contributed by atoms with van der Waals surface area (Å²) in [6.07, 6.45) is 0. The molecule has 0 aliphatic rings. The van der Waals surface area contributed by atoms with Gasteiger partial charge in [-0.15, -0.1) is 22.7 Å². The molecule has 8 heteroatoms. The molecule has 3 rings (SSSR count). The molecule has 0 aliphatic heterocycles. The second-order valence-electron chi connectivity index (χ2n) is 4.13. The van der Waals surface area contributed by atoms with Crippen LogP contribution in [0.15, 0.2) is 23.0 Å². The van der Waals surface area contributed by atoms with Gasteiger partial charge >= 0.3 is 5.69 Å². The Bertz CT molecular complexity index is 781. The monoisotopic (exact) mass is 306 g/mol. The Morgan fingerprint density at radius 2 is 2.25 bits per heavy atom. The van der Waals surface area contributed by atoms with E-state index in [1.807, 2.05) is 18.4 Å². The van der Waals surface area contributed by atoms with Crippen LogP contribution >= 0.6 is 22.7 Å². The zero-order chi connectivity index (χ0) is 14.1. The first-order valence-corrected chi connectivity index (χ1v) is 7.56. The third kappa shape index (κ3) is 2.35. The van der Waals surface area contributed by atoms with Gasteiger partial charge in [0.2, 0.25) is 0 Å². The minimum Gasteiger partial charge on any atom is -0.374 e. The molecular weight excluding hydrogens is 296 g/mol. The predicted molar refractivity (Wildman–Crippen MR) is 80.5 cm³/mol. The summed E-state index contributed by atoms with van der Waals surface area (Å²) in [4.78, 5) is 19.3. The van der Waals surface area contributed by atoms with E-state index in [0.29, 0.717) is 17.7 Å². The van der Waals surface area contributed by atoms with E-state index in [1.54, 1.807) is 22.9 Å². The number of anilines is 1. The highest BCUT2D eigenvalue weighted by molar-refractivity contribution is 7.16. The van der Waals surface area contributed by atoms with Crippen molar-refractivity contribution in [2.75, 3.05) is 5.32 Å². The number of hydrogen-bond donors (Lipinski definition) is 1. The van der Waals surface area contributed by atoms with E-state index in [-0.39, 0.29) is 5.69 Å². The van der Waals surface area contributed by atoms with Crippen molar-refractivity contribution in [2.24, 2.45) is 0 Å². The number of fused-ring (bicyclic) bond motifs is 1. The number of aromatic nitrogens is 2. The molecule has 6 nitrogen and oxygen atoms in total. The maximum Gasteiger partial charge on any atom is 0.319 e. The molecule has 0 amide bonds. The van der Waals surface area contributed by atoms with Crippen molar-refractivity contribution in [3.8, 4) is 0 Å². The molecule has 0 aliphatic carbocycles. The molecular formula is C12H10N4O2S2. The molecule has 0 spiro atoms. The number of benzene rings is 1. The van der Waals surface area contributed by atoms with Crippen LogP contribution in [-0.2, 0) is 6.54 Å². The zero-order valence-corrected chi connectivity index (χ0v) is 12.1. The Morgan fingerprint density at radius 1 is 1.40 bits per heavy atom. The van der Waals surface area contributed by atoms with Crippen LogP contribution in [0.1, 0.15) is 10.7 Å². The Hall–Kier alpha value is -2.06. The van der Waals surface area contributed by atoms with Gasteiger partial charge in [0.1, 0.15) is 5.69 Å². The summed E-state index contributed by atoms with van der Waals surface area (Å²) in [7, 11) is 0. The fourth-order valence-corrected chi connectivity index (χ4v) is 3.21. The van der Waals surface area contributed by atoms with E-state index >= 15 is 0 Å². The molecule has 0 saturated carbocycles. The van der Waals surface area contributed by atoms with Gasteiger partial charge < -0.3 is 5.32 Å². The van der Waals surface area contributed by atoms with Crippen molar-refractivity contribution in [3.63, 3.8) is 0 Å². The molecule has 102 valence electrons. The van der Waals surface area contributed by atoms with Crippen LogP contribution in [0.4, 0.5) is 11.4 Å². The molecule has 0 atom stereocenters. The van der Waals surface area contributed by atoms with Crippen molar-refractivity contribution >= 4 is 44.3 Å². The second kappa shape index (κ2) is 5.14. The topological polar surface area (TPSA) is 81.0 Å². The van der Waals surface area contributed by atoms with Crippen LogP contribution in [0.25, 0.3) is 10.2 Å². The van der Waals surface area contributed by atoms with Gasteiger partial charge in [0.25, 0.3) is 0 Å². The van der Waals surface area contributed by atoms with Crippen LogP contribution in [0.2, 0.25) is 0 Å². The maximum absolute atomic E-state index is 11.3. The van der Waals surface area contributed by atoms with E-state index in [4.69, 9.17) is 0 Å². The molecule has 20 heavy (non-hydrogen) atoms. The summed E-state index contributed by atoms with van der Waals surface area (Å²) in [6.45, 7) is 2.39. The third-order valence-corrected chi connectivity index (χ3v) is 4.40. The van der Waals surface area contributed by atoms with Gasteiger partial charge in [-0.05, 0) is 19.1 Å². The number of nitro groups is 1. The minimum absolute atomic E-state index is 0.0238. The van der Waals surface area contributed by atoms with Gasteiger partial charge in [0, 0.05) is 5.38 Å². The number of nitrogens with one attached hydrogen (secondary N) is 1. The molecule has 2 heterocycles. The number of thiazole rings is 2. The van der Waals surface area contributed by atoms with Crippen molar-refractivity contribution in [2.45, 2.75) is 13.5 Å². The summed E-state index contributed by atoms with van der Waals surface area (Å²) < 4.78 is 0.812. The van der Waals surface area contributed by atoms with Crippen LogP contribution in [-0.4, -0.2) is 14.9 Å². The summed E-state index contributed by atoms with van der Waals surface area (Å²) in [5, 5.41) is 17.3. The van der Waals surface area contributed by atoms with Crippen LogP contribution in [0.5, 0.6) is 0 Å². The van der Waals surface area contributed by atoms with Gasteiger partial charge in [-0.25, -0.2) is 9.97 Å². The number of rotatable bonds is 4. The van der Waals surface area contributed by atoms with Crippen LogP contribution in [0.3, 0.4) is 0 Å². The van der Waals surface area contributed by atoms with Crippen LogP contribution in [0, 0.1) is 17.0 Å². The Balaban J connectivity index is 1.94. The lowest BCUT2D eigenvalue weighted by Crippen LogP contribution is -2.03. The Labute approximate surface area is 122 Å². The molecule has 0 radical (unpaired) electrons. The van der Waals surface area contributed by atoms with Gasteiger partial charge in [-0.3, -0.25) is 10.1 Å². The van der Waals surface area contributed by atoms with E-state index in [2.05, 4.69) is 15.3 Å². The highest BCUT2D eigenvalue weighted by Crippen LogP contribution is 2.34. The third-order valence-electron chi connectivity index (χ3n) is 2.78. The average molecular weight is 306 g/mol. The number of nitrogens with zero attached hydrogens (tertiary/aromatic N) is 3. The molecule has 0 fully saturated rings. The summed E-state index contributed by atoms with van der Waals surface area (Å²) in [5.74, 6) is 0. The number of aryl methyl sites for hydroxylation is 1. The van der Waals surface area contributed by atoms with Crippen LogP contribution < -0.4 is 5.32 Å². The van der Waals surface area contributed by atoms with Gasteiger partial charge in [0.15, 0.2) is 5.52 Å². The minimum atomic E-state index is -0.392. The first-order chi connectivity index (χ1) is 9.65. The smallest absolute Gasteiger partial charge is 0.319 e.